The number of quaternary nitrogens is 1. The number of Topliss-reactive ketones (excluding diaryl/α,β-unsaturated/α-hetero) is 2. The van der Waals surface area contributed by atoms with Crippen LogP contribution in [0.25, 0.3) is 0 Å². The van der Waals surface area contributed by atoms with Gasteiger partial charge in [0.05, 0.1) is 6.54 Å². The van der Waals surface area contributed by atoms with Crippen LogP contribution < -0.4 is 11.1 Å². The van der Waals surface area contributed by atoms with Crippen molar-refractivity contribution in [1.82, 2.24) is 0 Å². The van der Waals surface area contributed by atoms with Gasteiger partial charge >= 0.3 is 5.97 Å². The van der Waals surface area contributed by atoms with Crippen LogP contribution in [-0.4, -0.2) is 47.6 Å². The Morgan fingerprint density at radius 2 is 1.76 bits per heavy atom. The van der Waals surface area contributed by atoms with Gasteiger partial charge in [-0.1, -0.05) is 24.5 Å². The number of epoxide rings is 1. The molecule has 0 amide bonds. The average molecular weight is 474 g/mol. The van der Waals surface area contributed by atoms with Crippen molar-refractivity contribution in [3.63, 3.8) is 0 Å². The number of ether oxygens (including phenoxy) is 2. The zero-order chi connectivity index (χ0) is 23.9. The minimum absolute atomic E-state index is 0.0435. The molecule has 2 heterocycles. The number of rotatable bonds is 7. The molecule has 7 nitrogen and oxygen atoms in total. The lowest BCUT2D eigenvalue weighted by Crippen LogP contribution is -2.94. The summed E-state index contributed by atoms with van der Waals surface area (Å²) in [6.07, 6.45) is 13.5. The van der Waals surface area contributed by atoms with Crippen molar-refractivity contribution in [3.05, 3.63) is 11.6 Å². The molecule has 0 aromatic heterocycles. The first kappa shape index (κ1) is 24.1. The number of esters is 1. The molecule has 0 aromatic rings. The number of ketones is 2. The van der Waals surface area contributed by atoms with Gasteiger partial charge in [0.2, 0.25) is 0 Å². The molecule has 4 unspecified atom stereocenters. The number of carbonyl (C=O) groups excluding carboxylic acids is 3. The number of hydrogen-bond acceptors (Lipinski definition) is 6. The molecule has 4 N–H and O–H groups in total. The van der Waals surface area contributed by atoms with Crippen molar-refractivity contribution in [2.75, 3.05) is 6.54 Å². The van der Waals surface area contributed by atoms with Gasteiger partial charge in [0.15, 0.2) is 17.2 Å². The molecule has 0 aromatic carbocycles. The van der Waals surface area contributed by atoms with E-state index in [1.54, 1.807) is 0 Å². The molecule has 0 spiro atoms. The van der Waals surface area contributed by atoms with Crippen molar-refractivity contribution in [2.45, 2.75) is 114 Å². The average Bonchev–Trinajstić information content (AvgIpc) is 3.29. The third-order valence-corrected chi connectivity index (χ3v) is 9.24. The lowest BCUT2D eigenvalue weighted by Gasteiger charge is -2.37. The molecule has 188 valence electrons. The van der Waals surface area contributed by atoms with Gasteiger partial charge in [-0.3, -0.25) is 15.3 Å². The van der Waals surface area contributed by atoms with Gasteiger partial charge in [0.25, 0.3) is 5.60 Å². The molecule has 5 rings (SSSR count). The number of nitrogens with two attached hydrogens (primary N) is 2. The second-order valence-corrected chi connectivity index (χ2v) is 11.5. The van der Waals surface area contributed by atoms with E-state index in [0.717, 1.165) is 70.8 Å². The Labute approximate surface area is 202 Å². The summed E-state index contributed by atoms with van der Waals surface area (Å²) in [7, 11) is 0. The summed E-state index contributed by atoms with van der Waals surface area (Å²) in [4.78, 5) is 40.8. The molecule has 0 radical (unpaired) electrons. The van der Waals surface area contributed by atoms with Crippen LogP contribution in [-0.2, 0) is 23.9 Å². The van der Waals surface area contributed by atoms with Gasteiger partial charge in [-0.05, 0) is 70.6 Å². The van der Waals surface area contributed by atoms with Crippen molar-refractivity contribution in [3.8, 4) is 0 Å². The predicted octanol–water partition coefficient (Wildman–Crippen LogP) is 2.31. The molecule has 3 saturated carbocycles. The highest BCUT2D eigenvalue weighted by atomic mass is 16.7. The van der Waals surface area contributed by atoms with E-state index in [4.69, 9.17) is 15.2 Å². The smallest absolute Gasteiger partial charge is 0.350 e. The summed E-state index contributed by atoms with van der Waals surface area (Å²) in [5.74, 6) is -0.938. The monoisotopic (exact) mass is 473 g/mol. The zero-order valence-electron chi connectivity index (χ0n) is 20.6. The van der Waals surface area contributed by atoms with E-state index in [0.29, 0.717) is 12.3 Å². The number of piperidine rings is 1. The van der Waals surface area contributed by atoms with Crippen LogP contribution in [0.2, 0.25) is 0 Å². The standard InChI is InChI=1S/C27H40N2O5/c1-17(10-11-18-13-15-29-22(28)16-18)12-14-26-23(30)20-8-4-5-9-21(20)24(31)27(26,34-26)25(32)33-19-6-2-3-7-19/h12,18-22,29H,2-11,13-16,28H2,1H3/p+1/t18?,20?,21?,22?,26-,27-/m0/s1. The second kappa shape index (κ2) is 9.47. The second-order valence-electron chi connectivity index (χ2n) is 11.5. The maximum atomic E-state index is 13.7. The van der Waals surface area contributed by atoms with E-state index in [9.17, 15) is 14.4 Å². The van der Waals surface area contributed by atoms with Gasteiger partial charge in [-0.15, -0.1) is 0 Å². The summed E-state index contributed by atoms with van der Waals surface area (Å²) >= 11 is 0. The first-order valence-electron chi connectivity index (χ1n) is 13.6. The Kier molecular flexibility index (Phi) is 6.73. The maximum Gasteiger partial charge on any atom is 0.350 e. The summed E-state index contributed by atoms with van der Waals surface area (Å²) in [6, 6.07) is 0. The molecule has 2 saturated heterocycles. The summed E-state index contributed by atoms with van der Waals surface area (Å²) in [5.41, 5.74) is 4.20. The maximum absolute atomic E-state index is 13.7. The van der Waals surface area contributed by atoms with Crippen LogP contribution in [0.4, 0.5) is 0 Å². The van der Waals surface area contributed by atoms with Gasteiger partial charge in [-0.25, -0.2) is 4.79 Å². The lowest BCUT2D eigenvalue weighted by molar-refractivity contribution is -0.699. The third kappa shape index (κ3) is 4.07. The number of fused-ring (bicyclic) bond motifs is 2. The van der Waals surface area contributed by atoms with E-state index >= 15 is 0 Å². The topological polar surface area (TPSA) is 116 Å². The van der Waals surface area contributed by atoms with E-state index in [2.05, 4.69) is 12.2 Å². The first-order chi connectivity index (χ1) is 16.4. The van der Waals surface area contributed by atoms with Crippen molar-refractivity contribution < 1.29 is 29.2 Å². The van der Waals surface area contributed by atoms with Crippen LogP contribution in [0.5, 0.6) is 0 Å². The quantitative estimate of drug-likeness (QED) is 0.254. The minimum atomic E-state index is -1.71. The fourth-order valence-electron chi connectivity index (χ4n) is 7.12. The van der Waals surface area contributed by atoms with Crippen LogP contribution in [0.15, 0.2) is 11.6 Å². The molecule has 3 aliphatic carbocycles. The molecule has 6 atom stereocenters. The fraction of sp³-hybridized carbons (Fsp3) is 0.815. The Morgan fingerprint density at radius 3 is 2.47 bits per heavy atom. The largest absolute Gasteiger partial charge is 0.460 e. The van der Waals surface area contributed by atoms with Crippen LogP contribution >= 0.6 is 0 Å². The molecule has 7 heteroatoms. The predicted molar refractivity (Wildman–Crippen MR) is 125 cm³/mol. The highest BCUT2D eigenvalue weighted by Gasteiger charge is 2.87. The normalized spacial score (nSPS) is 40.6. The van der Waals surface area contributed by atoms with Gasteiger partial charge in [-0.2, -0.15) is 0 Å². The van der Waals surface area contributed by atoms with Crippen molar-refractivity contribution >= 4 is 17.5 Å². The fourth-order valence-corrected chi connectivity index (χ4v) is 7.12. The first-order valence-corrected chi connectivity index (χ1v) is 13.6. The number of allylic oxidation sites excluding steroid dienone is 1. The van der Waals surface area contributed by atoms with E-state index in [1.165, 1.54) is 12.0 Å². The van der Waals surface area contributed by atoms with Crippen LogP contribution in [0, 0.1) is 17.8 Å². The SMILES string of the molecule is CC(=CC[C@@]12O[C@]1(C(=O)OC1CCCC1)C(=O)C1CCCCC1C2=O)CCC1CC[NH2+]C(N)C1. The van der Waals surface area contributed by atoms with Gasteiger partial charge < -0.3 is 14.8 Å². The molecule has 2 aliphatic heterocycles. The van der Waals surface area contributed by atoms with E-state index in [1.807, 2.05) is 6.08 Å². The van der Waals surface area contributed by atoms with Gasteiger partial charge in [0, 0.05) is 24.7 Å². The lowest BCUT2D eigenvalue weighted by atomic mass is 9.61. The number of hydrogen-bond donors (Lipinski definition) is 2. The Balaban J connectivity index is 1.32. The van der Waals surface area contributed by atoms with Crippen molar-refractivity contribution in [1.29, 1.82) is 0 Å². The summed E-state index contributed by atoms with van der Waals surface area (Å²) in [5, 5.41) is 2.21. The minimum Gasteiger partial charge on any atom is -0.460 e. The Bertz CT molecular complexity index is 865. The molecule has 0 bridgehead atoms. The van der Waals surface area contributed by atoms with Crippen LogP contribution in [0.1, 0.15) is 90.4 Å². The number of carbonyl (C=O) groups is 3. The summed E-state index contributed by atoms with van der Waals surface area (Å²) in [6.45, 7) is 3.15. The zero-order valence-corrected chi connectivity index (χ0v) is 20.6. The molecular weight excluding hydrogens is 432 g/mol. The highest BCUT2D eigenvalue weighted by molar-refractivity contribution is 6.23. The van der Waals surface area contributed by atoms with Gasteiger partial charge in [0.1, 0.15) is 12.3 Å². The van der Waals surface area contributed by atoms with E-state index < -0.39 is 23.1 Å². The van der Waals surface area contributed by atoms with Crippen molar-refractivity contribution in [2.24, 2.45) is 23.5 Å². The van der Waals surface area contributed by atoms with E-state index in [-0.39, 0.29) is 36.2 Å². The molecule has 5 fully saturated rings. The highest BCUT2D eigenvalue weighted by Crippen LogP contribution is 2.61. The molecule has 5 aliphatic rings. The molecular formula is C27H41N2O5+. The molecule has 34 heavy (non-hydrogen) atoms. The Hall–Kier alpha value is -1.57. The Morgan fingerprint density at radius 1 is 1.09 bits per heavy atom. The summed E-state index contributed by atoms with van der Waals surface area (Å²) < 4.78 is 11.9. The third-order valence-electron chi connectivity index (χ3n) is 9.24. The van der Waals surface area contributed by atoms with Crippen LogP contribution in [0.3, 0.4) is 0 Å².